The molecular weight excluding hydrogens is 454 g/mol. The van der Waals surface area contributed by atoms with Gasteiger partial charge in [0.2, 0.25) is 6.41 Å². The van der Waals surface area contributed by atoms with E-state index >= 15 is 0 Å². The molecule has 9 nitrogen and oxygen atoms in total. The molecule has 36 heavy (non-hydrogen) atoms. The van der Waals surface area contributed by atoms with Crippen molar-refractivity contribution in [3.8, 4) is 5.75 Å². The van der Waals surface area contributed by atoms with Crippen LogP contribution in [-0.2, 0) is 11.3 Å². The molecule has 0 radical (unpaired) electrons. The van der Waals surface area contributed by atoms with E-state index in [1.807, 2.05) is 54.4 Å². The average molecular weight is 494 g/mol. The monoisotopic (exact) mass is 493 g/mol. The number of ether oxygens (including phenoxy) is 1. The van der Waals surface area contributed by atoms with Crippen LogP contribution in [0.5, 0.6) is 5.75 Å². The number of fused-ring (bicyclic) bond motifs is 1. The second-order valence-corrected chi connectivity index (χ2v) is 8.99. The Morgan fingerprint density at radius 2 is 1.83 bits per heavy atom. The van der Waals surface area contributed by atoms with Gasteiger partial charge in [0.1, 0.15) is 17.4 Å². The predicted octanol–water partition coefficient (Wildman–Crippen LogP) is 3.00. The Labute approximate surface area is 214 Å². The molecule has 1 fully saturated rings. The number of carbonyl (C=O) groups is 1. The lowest BCUT2D eigenvalue weighted by Crippen LogP contribution is -2.45. The Morgan fingerprint density at radius 3 is 2.53 bits per heavy atom. The minimum Gasteiger partial charge on any atom is -0.497 e. The maximum Gasteiger partial charge on any atom is 0.209 e. The average Bonchev–Trinajstić information content (AvgIpc) is 2.91. The minimum absolute atomic E-state index is 0.712. The van der Waals surface area contributed by atoms with Crippen molar-refractivity contribution in [2.45, 2.75) is 13.0 Å². The summed E-state index contributed by atoms with van der Waals surface area (Å²) in [5.41, 5.74) is 2.04. The number of hydrogen-bond acceptors (Lipinski definition) is 8. The zero-order valence-electron chi connectivity index (χ0n) is 21.9. The van der Waals surface area contributed by atoms with Crippen molar-refractivity contribution in [1.29, 1.82) is 0 Å². The van der Waals surface area contributed by atoms with E-state index in [1.165, 1.54) is 0 Å². The first-order chi connectivity index (χ1) is 17.5. The van der Waals surface area contributed by atoms with Gasteiger partial charge in [-0.05, 0) is 51.3 Å². The Kier molecular flexibility index (Phi) is 10.7. The summed E-state index contributed by atoms with van der Waals surface area (Å²) < 4.78 is 5.02. The normalized spacial score (nSPS) is 13.8. The van der Waals surface area contributed by atoms with Crippen LogP contribution in [0.15, 0.2) is 48.5 Å². The van der Waals surface area contributed by atoms with Crippen LogP contribution in [0.1, 0.15) is 12.2 Å². The van der Waals surface area contributed by atoms with Gasteiger partial charge in [-0.15, -0.1) is 0 Å². The van der Waals surface area contributed by atoms with E-state index in [-0.39, 0.29) is 0 Å². The van der Waals surface area contributed by atoms with Crippen molar-refractivity contribution in [3.63, 3.8) is 0 Å². The highest BCUT2D eigenvalue weighted by atomic mass is 16.5. The fourth-order valence-corrected chi connectivity index (χ4v) is 3.94. The summed E-state index contributed by atoms with van der Waals surface area (Å²) >= 11 is 0. The van der Waals surface area contributed by atoms with Crippen molar-refractivity contribution in [3.05, 3.63) is 54.4 Å². The number of piperazine rings is 1. The molecule has 194 valence electrons. The molecule has 0 spiro atoms. The van der Waals surface area contributed by atoms with Gasteiger partial charge in [0.05, 0.1) is 19.2 Å². The molecule has 0 saturated carbocycles. The molecule has 1 saturated heterocycles. The standard InChI is InChI=1S/C19H28N6O.C8H11NO/c1-23(2)9-5-8-20-19-16-6-3-4-7-17(16)21-18(22-19)14-24-10-12-25(15-26)13-11-24;1-9-7-4-3-5-8(6-7)10-2/h3-4,6-7,15H,5,8-14H2,1-2H3,(H,20,21,22);3-6,9H,1-2H3. The van der Waals surface area contributed by atoms with Crippen LogP contribution in [0.2, 0.25) is 0 Å². The number of methoxy groups -OCH3 is 1. The van der Waals surface area contributed by atoms with E-state index in [9.17, 15) is 4.79 Å². The first-order valence-electron chi connectivity index (χ1n) is 12.4. The summed E-state index contributed by atoms with van der Waals surface area (Å²) in [4.78, 5) is 26.7. The van der Waals surface area contributed by atoms with Crippen molar-refractivity contribution in [2.24, 2.45) is 0 Å². The smallest absolute Gasteiger partial charge is 0.209 e. The van der Waals surface area contributed by atoms with Crippen LogP contribution in [-0.4, -0.2) is 98.6 Å². The molecule has 2 heterocycles. The van der Waals surface area contributed by atoms with E-state index < -0.39 is 0 Å². The van der Waals surface area contributed by atoms with E-state index in [4.69, 9.17) is 14.7 Å². The van der Waals surface area contributed by atoms with Crippen molar-refractivity contribution >= 4 is 28.8 Å². The lowest BCUT2D eigenvalue weighted by molar-refractivity contribution is -0.119. The van der Waals surface area contributed by atoms with Gasteiger partial charge >= 0.3 is 0 Å². The highest BCUT2D eigenvalue weighted by Crippen LogP contribution is 2.21. The fraction of sp³-hybridized carbons (Fsp3) is 0.444. The second-order valence-electron chi connectivity index (χ2n) is 8.99. The van der Waals surface area contributed by atoms with Crippen LogP contribution in [0, 0.1) is 0 Å². The molecule has 1 aromatic heterocycles. The number of para-hydroxylation sites is 1. The Bertz CT molecular complexity index is 1070. The molecule has 1 amide bonds. The predicted molar refractivity (Wildman–Crippen MR) is 147 cm³/mol. The quantitative estimate of drug-likeness (QED) is 0.329. The second kappa shape index (κ2) is 14.2. The summed E-state index contributed by atoms with van der Waals surface area (Å²) in [5, 5.41) is 7.57. The number of amides is 1. The third-order valence-electron chi connectivity index (χ3n) is 6.00. The van der Waals surface area contributed by atoms with Crippen LogP contribution >= 0.6 is 0 Å². The molecule has 0 bridgehead atoms. The SMILES string of the molecule is CN(C)CCCNc1nc(CN2CCN(C=O)CC2)nc2ccccc12.CNc1cccc(OC)c1. The molecule has 0 atom stereocenters. The van der Waals surface area contributed by atoms with Gasteiger partial charge in [0.25, 0.3) is 0 Å². The van der Waals surface area contributed by atoms with E-state index in [2.05, 4.69) is 40.6 Å². The van der Waals surface area contributed by atoms with Gasteiger partial charge in [-0.25, -0.2) is 9.97 Å². The zero-order valence-corrected chi connectivity index (χ0v) is 21.9. The van der Waals surface area contributed by atoms with Gasteiger partial charge in [0.15, 0.2) is 0 Å². The highest BCUT2D eigenvalue weighted by molar-refractivity contribution is 5.88. The largest absolute Gasteiger partial charge is 0.497 e. The van der Waals surface area contributed by atoms with Crippen LogP contribution in [0.25, 0.3) is 10.9 Å². The number of nitrogens with one attached hydrogen (secondary N) is 2. The molecule has 1 aliphatic rings. The van der Waals surface area contributed by atoms with E-state index in [0.717, 1.165) is 86.1 Å². The van der Waals surface area contributed by atoms with Crippen LogP contribution in [0.3, 0.4) is 0 Å². The summed E-state index contributed by atoms with van der Waals surface area (Å²) in [7, 11) is 7.72. The first kappa shape index (κ1) is 27.2. The summed E-state index contributed by atoms with van der Waals surface area (Å²) in [6, 6.07) is 15.9. The third kappa shape index (κ3) is 8.35. The summed E-state index contributed by atoms with van der Waals surface area (Å²) in [5.74, 6) is 2.63. The Balaban J connectivity index is 0.000000303. The Hall–Kier alpha value is -3.43. The molecule has 3 aromatic rings. The molecular formula is C27H39N7O2. The van der Waals surface area contributed by atoms with Gasteiger partial charge in [-0.2, -0.15) is 0 Å². The lowest BCUT2D eigenvalue weighted by Gasteiger charge is -2.32. The number of benzene rings is 2. The first-order valence-corrected chi connectivity index (χ1v) is 12.4. The molecule has 4 rings (SSSR count). The van der Waals surface area contributed by atoms with Gasteiger partial charge in [0, 0.05) is 56.9 Å². The van der Waals surface area contributed by atoms with Crippen molar-refractivity contribution in [1.82, 2.24) is 24.7 Å². The topological polar surface area (TPSA) is 85.9 Å². The van der Waals surface area contributed by atoms with Crippen molar-refractivity contribution < 1.29 is 9.53 Å². The van der Waals surface area contributed by atoms with Crippen molar-refractivity contribution in [2.75, 3.05) is 78.2 Å². The van der Waals surface area contributed by atoms with Gasteiger partial charge in [-0.1, -0.05) is 18.2 Å². The molecule has 9 heteroatoms. The summed E-state index contributed by atoms with van der Waals surface area (Å²) in [6.45, 7) is 5.91. The lowest BCUT2D eigenvalue weighted by atomic mass is 10.2. The van der Waals surface area contributed by atoms with Crippen LogP contribution in [0.4, 0.5) is 11.5 Å². The maximum absolute atomic E-state index is 10.9. The number of aromatic nitrogens is 2. The molecule has 0 aliphatic carbocycles. The maximum atomic E-state index is 10.9. The number of rotatable bonds is 10. The fourth-order valence-electron chi connectivity index (χ4n) is 3.94. The summed E-state index contributed by atoms with van der Waals surface area (Å²) in [6.07, 6.45) is 1.99. The third-order valence-corrected chi connectivity index (χ3v) is 6.00. The number of nitrogens with zero attached hydrogens (tertiary/aromatic N) is 5. The van der Waals surface area contributed by atoms with Crippen LogP contribution < -0.4 is 15.4 Å². The highest BCUT2D eigenvalue weighted by Gasteiger charge is 2.17. The number of anilines is 2. The Morgan fingerprint density at radius 1 is 1.06 bits per heavy atom. The minimum atomic E-state index is 0.712. The van der Waals surface area contributed by atoms with Gasteiger partial charge in [-0.3, -0.25) is 9.69 Å². The molecule has 2 aromatic carbocycles. The van der Waals surface area contributed by atoms with E-state index in [0.29, 0.717) is 6.54 Å². The molecule has 1 aliphatic heterocycles. The molecule has 0 unspecified atom stereocenters. The number of hydrogen-bond donors (Lipinski definition) is 2. The van der Waals surface area contributed by atoms with Gasteiger partial charge < -0.3 is 25.2 Å². The molecule has 2 N–H and O–H groups in total. The van der Waals surface area contributed by atoms with E-state index in [1.54, 1.807) is 7.11 Å². The zero-order chi connectivity index (χ0) is 25.8. The number of carbonyl (C=O) groups excluding carboxylic acids is 1.